The van der Waals surface area contributed by atoms with E-state index in [1.165, 1.54) is 0 Å². The van der Waals surface area contributed by atoms with Gasteiger partial charge in [0.2, 0.25) is 5.95 Å². The van der Waals surface area contributed by atoms with Crippen molar-refractivity contribution in [2.24, 2.45) is 0 Å². The lowest BCUT2D eigenvalue weighted by Gasteiger charge is -2.15. The third kappa shape index (κ3) is 5.24. The molecule has 1 N–H and O–H groups in total. The van der Waals surface area contributed by atoms with Gasteiger partial charge in [-0.2, -0.15) is 5.26 Å². The molecule has 0 spiro atoms. The van der Waals surface area contributed by atoms with Crippen LogP contribution in [0.2, 0.25) is 0 Å². The summed E-state index contributed by atoms with van der Waals surface area (Å²) >= 11 is 0. The molecule has 0 amide bonds. The van der Waals surface area contributed by atoms with Crippen LogP contribution < -0.4 is 5.32 Å². The maximum atomic E-state index is 8.68. The molecule has 0 radical (unpaired) electrons. The van der Waals surface area contributed by atoms with Crippen LogP contribution in [0.15, 0.2) is 12.3 Å². The summed E-state index contributed by atoms with van der Waals surface area (Å²) in [6, 6.07) is 3.56. The van der Waals surface area contributed by atoms with Gasteiger partial charge in [-0.1, -0.05) is 0 Å². The Bertz CT molecular complexity index is 376. The van der Waals surface area contributed by atoms with Crippen molar-refractivity contribution in [2.75, 3.05) is 45.7 Å². The number of hydrogen-bond acceptors (Lipinski definition) is 6. The SMILES string of the molecule is COCCN(C)CCNc1nccc(C#N)n1. The van der Waals surface area contributed by atoms with E-state index in [9.17, 15) is 0 Å². The third-order valence-electron chi connectivity index (χ3n) is 2.22. The van der Waals surface area contributed by atoms with E-state index in [4.69, 9.17) is 10.00 Å². The number of ether oxygens (including phenoxy) is 1. The second-order valence-electron chi connectivity index (χ2n) is 3.60. The zero-order chi connectivity index (χ0) is 12.5. The fourth-order valence-corrected chi connectivity index (χ4v) is 1.22. The average molecular weight is 235 g/mol. The van der Waals surface area contributed by atoms with E-state index in [-0.39, 0.29) is 0 Å². The van der Waals surface area contributed by atoms with Crippen molar-refractivity contribution in [1.82, 2.24) is 14.9 Å². The van der Waals surface area contributed by atoms with Gasteiger partial charge in [-0.25, -0.2) is 9.97 Å². The fourth-order valence-electron chi connectivity index (χ4n) is 1.22. The molecule has 0 aliphatic rings. The highest BCUT2D eigenvalue weighted by Crippen LogP contribution is 1.98. The molecule has 0 aliphatic heterocycles. The Hall–Kier alpha value is -1.71. The first-order valence-electron chi connectivity index (χ1n) is 5.40. The smallest absolute Gasteiger partial charge is 0.223 e. The molecule has 0 aliphatic carbocycles. The number of aromatic nitrogens is 2. The number of nitriles is 1. The lowest BCUT2D eigenvalue weighted by atomic mass is 10.4. The number of anilines is 1. The molecule has 6 heteroatoms. The molecule has 0 fully saturated rings. The van der Waals surface area contributed by atoms with Crippen molar-refractivity contribution in [3.63, 3.8) is 0 Å². The average Bonchev–Trinajstić information content (AvgIpc) is 2.36. The molecule has 1 aromatic rings. The van der Waals surface area contributed by atoms with Crippen LogP contribution >= 0.6 is 0 Å². The summed E-state index contributed by atoms with van der Waals surface area (Å²) in [5.74, 6) is 0.490. The van der Waals surface area contributed by atoms with Crippen molar-refractivity contribution in [2.45, 2.75) is 0 Å². The molecule has 1 aromatic heterocycles. The highest BCUT2D eigenvalue weighted by atomic mass is 16.5. The van der Waals surface area contributed by atoms with Gasteiger partial charge in [-0.05, 0) is 13.1 Å². The second-order valence-corrected chi connectivity index (χ2v) is 3.60. The van der Waals surface area contributed by atoms with Gasteiger partial charge >= 0.3 is 0 Å². The molecule has 0 aromatic carbocycles. The Morgan fingerprint density at radius 1 is 1.53 bits per heavy atom. The van der Waals surface area contributed by atoms with E-state index in [0.717, 1.165) is 26.2 Å². The number of likely N-dealkylation sites (N-methyl/N-ethyl adjacent to an activating group) is 1. The Balaban J connectivity index is 2.28. The molecule has 0 saturated heterocycles. The number of nitrogens with zero attached hydrogens (tertiary/aromatic N) is 4. The normalized spacial score (nSPS) is 10.2. The summed E-state index contributed by atoms with van der Waals surface area (Å²) in [5.41, 5.74) is 0.371. The molecule has 0 atom stereocenters. The van der Waals surface area contributed by atoms with Crippen LogP contribution in [-0.4, -0.2) is 55.3 Å². The second kappa shape index (κ2) is 7.54. The quantitative estimate of drug-likeness (QED) is 0.734. The zero-order valence-electron chi connectivity index (χ0n) is 10.2. The van der Waals surface area contributed by atoms with Gasteiger partial charge in [0.05, 0.1) is 6.61 Å². The number of rotatable bonds is 7. The van der Waals surface area contributed by atoms with E-state index < -0.39 is 0 Å². The van der Waals surface area contributed by atoms with Crippen molar-refractivity contribution in [3.05, 3.63) is 18.0 Å². The molecular weight excluding hydrogens is 218 g/mol. The van der Waals surface area contributed by atoms with Gasteiger partial charge in [0.25, 0.3) is 0 Å². The largest absolute Gasteiger partial charge is 0.383 e. The predicted molar refractivity (Wildman–Crippen MR) is 64.6 cm³/mol. The first-order chi connectivity index (χ1) is 8.26. The first kappa shape index (κ1) is 13.4. The van der Waals surface area contributed by atoms with E-state index in [2.05, 4.69) is 20.2 Å². The molecule has 0 saturated carbocycles. The van der Waals surface area contributed by atoms with Crippen molar-refractivity contribution >= 4 is 5.95 Å². The number of methoxy groups -OCH3 is 1. The summed E-state index contributed by atoms with van der Waals surface area (Å²) in [4.78, 5) is 10.2. The molecule has 6 nitrogen and oxygen atoms in total. The van der Waals surface area contributed by atoms with Crippen LogP contribution in [0.4, 0.5) is 5.95 Å². The van der Waals surface area contributed by atoms with Gasteiger partial charge in [-0.3, -0.25) is 0 Å². The van der Waals surface area contributed by atoms with Gasteiger partial charge in [0, 0.05) is 32.9 Å². The molecule has 0 bridgehead atoms. The van der Waals surface area contributed by atoms with Gasteiger partial charge in [-0.15, -0.1) is 0 Å². The van der Waals surface area contributed by atoms with Gasteiger partial charge in [0.15, 0.2) is 0 Å². The van der Waals surface area contributed by atoms with Crippen LogP contribution in [0.3, 0.4) is 0 Å². The van der Waals surface area contributed by atoms with Gasteiger partial charge < -0.3 is 15.0 Å². The maximum absolute atomic E-state index is 8.68. The highest BCUT2D eigenvalue weighted by molar-refractivity contribution is 5.29. The Morgan fingerprint density at radius 2 is 2.35 bits per heavy atom. The number of hydrogen-bond donors (Lipinski definition) is 1. The molecule has 17 heavy (non-hydrogen) atoms. The van der Waals surface area contributed by atoms with Crippen LogP contribution in [0.1, 0.15) is 5.69 Å². The van der Waals surface area contributed by atoms with Gasteiger partial charge in [0.1, 0.15) is 11.8 Å². The summed E-state index contributed by atoms with van der Waals surface area (Å²) in [6.45, 7) is 3.20. The van der Waals surface area contributed by atoms with E-state index in [0.29, 0.717) is 11.6 Å². The van der Waals surface area contributed by atoms with E-state index in [1.807, 2.05) is 13.1 Å². The van der Waals surface area contributed by atoms with E-state index in [1.54, 1.807) is 19.4 Å². The van der Waals surface area contributed by atoms with Crippen molar-refractivity contribution < 1.29 is 4.74 Å². The number of nitrogens with one attached hydrogen (secondary N) is 1. The Labute approximate surface area is 101 Å². The minimum absolute atomic E-state index is 0.371. The monoisotopic (exact) mass is 235 g/mol. The lowest BCUT2D eigenvalue weighted by molar-refractivity contribution is 0.163. The molecule has 92 valence electrons. The zero-order valence-corrected chi connectivity index (χ0v) is 10.2. The topological polar surface area (TPSA) is 74.1 Å². The summed E-state index contributed by atoms with van der Waals surface area (Å²) in [7, 11) is 3.71. The van der Waals surface area contributed by atoms with Crippen LogP contribution in [0.5, 0.6) is 0 Å². The van der Waals surface area contributed by atoms with Crippen molar-refractivity contribution in [1.29, 1.82) is 5.26 Å². The third-order valence-corrected chi connectivity index (χ3v) is 2.22. The molecule has 1 rings (SSSR count). The van der Waals surface area contributed by atoms with Crippen LogP contribution in [0, 0.1) is 11.3 Å². The summed E-state index contributed by atoms with van der Waals surface area (Å²) in [6.07, 6.45) is 1.57. The summed E-state index contributed by atoms with van der Waals surface area (Å²) < 4.78 is 4.98. The van der Waals surface area contributed by atoms with Crippen molar-refractivity contribution in [3.8, 4) is 6.07 Å². The predicted octanol–water partition coefficient (Wildman–Crippen LogP) is 0.338. The minimum Gasteiger partial charge on any atom is -0.383 e. The lowest BCUT2D eigenvalue weighted by Crippen LogP contribution is -2.28. The molecular formula is C11H17N5O. The Kier molecular flexibility index (Phi) is 5.93. The standard InChI is InChI=1S/C11H17N5O/c1-16(7-8-17-2)6-5-14-11-13-4-3-10(9-12)15-11/h3-4H,5-8H2,1-2H3,(H,13,14,15). The van der Waals surface area contributed by atoms with Crippen LogP contribution in [0.25, 0.3) is 0 Å². The summed E-state index contributed by atoms with van der Waals surface area (Å²) in [5, 5.41) is 11.8. The Morgan fingerprint density at radius 3 is 3.06 bits per heavy atom. The highest BCUT2D eigenvalue weighted by Gasteiger charge is 2.00. The van der Waals surface area contributed by atoms with Crippen LogP contribution in [-0.2, 0) is 4.74 Å². The van der Waals surface area contributed by atoms with E-state index >= 15 is 0 Å². The minimum atomic E-state index is 0.371. The fraction of sp³-hybridized carbons (Fsp3) is 0.545. The molecule has 1 heterocycles. The first-order valence-corrected chi connectivity index (χ1v) is 5.40. The maximum Gasteiger partial charge on any atom is 0.223 e. The molecule has 0 unspecified atom stereocenters.